The summed E-state index contributed by atoms with van der Waals surface area (Å²) in [6.45, 7) is 11.5. The summed E-state index contributed by atoms with van der Waals surface area (Å²) >= 11 is 3.08. The number of hydrogen-bond acceptors (Lipinski definition) is 6. The van der Waals surface area contributed by atoms with Crippen LogP contribution in [0.15, 0.2) is 16.4 Å². The lowest BCUT2D eigenvalue weighted by Crippen LogP contribution is -2.38. The average molecular weight is 522 g/mol. The molecule has 0 radical (unpaired) electrons. The molecule has 2 heterocycles. The fourth-order valence-electron chi connectivity index (χ4n) is 2.29. The molecule has 1 unspecified atom stereocenters. The number of ether oxygens (including phenoxy) is 1. The summed E-state index contributed by atoms with van der Waals surface area (Å²) in [4.78, 5) is 23.0. The molecule has 27 heavy (non-hydrogen) atoms. The number of halogens is 1. The maximum absolute atomic E-state index is 12.0. The summed E-state index contributed by atoms with van der Waals surface area (Å²) in [7, 11) is 0. The number of carbonyl (C=O) groups is 1. The summed E-state index contributed by atoms with van der Waals surface area (Å²) in [6.07, 6.45) is 0. The number of carbonyl (C=O) groups excluding carboxylic acids is 1. The number of aliphatic imine (C=N–C) groups is 1. The molecule has 2 rings (SSSR count). The number of rotatable bonds is 7. The molecule has 0 aliphatic carbocycles. The monoisotopic (exact) mass is 522 g/mol. The van der Waals surface area contributed by atoms with E-state index in [2.05, 4.69) is 39.0 Å². The second-order valence-electron chi connectivity index (χ2n) is 5.78. The zero-order valence-electron chi connectivity index (χ0n) is 16.3. The van der Waals surface area contributed by atoms with E-state index in [1.807, 2.05) is 20.8 Å². The van der Waals surface area contributed by atoms with Gasteiger partial charge in [-0.25, -0.2) is 14.8 Å². The molecule has 0 saturated heterocycles. The fourth-order valence-corrected chi connectivity index (χ4v) is 4.08. The fraction of sp³-hybridized carbons (Fsp3) is 0.500. The Kier molecular flexibility index (Phi) is 10.2. The minimum Gasteiger partial charge on any atom is -0.462 e. The Balaban J connectivity index is 0.00000364. The van der Waals surface area contributed by atoms with E-state index >= 15 is 0 Å². The lowest BCUT2D eigenvalue weighted by atomic mass is 10.3. The van der Waals surface area contributed by atoms with Crippen LogP contribution in [0.4, 0.5) is 0 Å². The van der Waals surface area contributed by atoms with Crippen molar-refractivity contribution >= 4 is 58.6 Å². The molecule has 0 amide bonds. The van der Waals surface area contributed by atoms with Crippen molar-refractivity contribution in [2.45, 2.75) is 47.2 Å². The molecule has 2 aromatic heterocycles. The SMILES string of the molecule is CCNC(=NCc1sccc1C)NC(C)c1nc(C)c(C(=O)OCC)s1.I. The third-order valence-electron chi connectivity index (χ3n) is 3.69. The van der Waals surface area contributed by atoms with Crippen LogP contribution in [0.2, 0.25) is 0 Å². The number of thiazole rings is 1. The summed E-state index contributed by atoms with van der Waals surface area (Å²) in [5.74, 6) is 0.424. The highest BCUT2D eigenvalue weighted by molar-refractivity contribution is 14.0. The van der Waals surface area contributed by atoms with Gasteiger partial charge in [-0.1, -0.05) is 0 Å². The molecule has 2 N–H and O–H groups in total. The van der Waals surface area contributed by atoms with Gasteiger partial charge in [0.05, 0.1) is 24.9 Å². The van der Waals surface area contributed by atoms with Gasteiger partial charge >= 0.3 is 5.97 Å². The van der Waals surface area contributed by atoms with Gasteiger partial charge in [-0.05, 0) is 51.6 Å². The van der Waals surface area contributed by atoms with Crippen molar-refractivity contribution in [1.82, 2.24) is 15.6 Å². The van der Waals surface area contributed by atoms with E-state index in [1.165, 1.54) is 21.8 Å². The van der Waals surface area contributed by atoms with Gasteiger partial charge in [0, 0.05) is 11.4 Å². The molecular formula is C18H27IN4O2S2. The minimum absolute atomic E-state index is 0. The Hall–Kier alpha value is -1.20. The van der Waals surface area contributed by atoms with Crippen LogP contribution in [0.25, 0.3) is 0 Å². The zero-order chi connectivity index (χ0) is 19.1. The molecule has 0 aromatic carbocycles. The Bertz CT molecular complexity index is 773. The van der Waals surface area contributed by atoms with E-state index in [4.69, 9.17) is 4.74 Å². The number of guanidine groups is 1. The molecule has 150 valence electrons. The van der Waals surface area contributed by atoms with Crippen LogP contribution in [-0.2, 0) is 11.3 Å². The van der Waals surface area contributed by atoms with Gasteiger partial charge in [0.1, 0.15) is 9.88 Å². The normalized spacial score (nSPS) is 12.3. The first-order chi connectivity index (χ1) is 12.5. The number of nitrogens with zero attached hydrogens (tertiary/aromatic N) is 2. The van der Waals surface area contributed by atoms with Gasteiger partial charge in [-0.2, -0.15) is 0 Å². The first-order valence-electron chi connectivity index (χ1n) is 8.68. The molecule has 0 saturated carbocycles. The predicted octanol–water partition coefficient (Wildman–Crippen LogP) is 4.43. The highest BCUT2D eigenvalue weighted by atomic mass is 127. The Labute approximate surface area is 185 Å². The van der Waals surface area contributed by atoms with Gasteiger partial charge < -0.3 is 15.4 Å². The average Bonchev–Trinajstić information content (AvgIpc) is 3.19. The lowest BCUT2D eigenvalue weighted by molar-refractivity contribution is 0.0531. The van der Waals surface area contributed by atoms with Crippen LogP contribution in [-0.4, -0.2) is 30.1 Å². The third-order valence-corrected chi connectivity index (χ3v) is 6.02. The van der Waals surface area contributed by atoms with Gasteiger partial charge in [0.2, 0.25) is 0 Å². The van der Waals surface area contributed by atoms with Crippen LogP contribution in [0.3, 0.4) is 0 Å². The van der Waals surface area contributed by atoms with Gasteiger partial charge in [0.15, 0.2) is 5.96 Å². The van der Waals surface area contributed by atoms with Gasteiger partial charge in [-0.3, -0.25) is 0 Å². The van der Waals surface area contributed by atoms with Crippen LogP contribution in [0, 0.1) is 13.8 Å². The maximum Gasteiger partial charge on any atom is 0.350 e. The Morgan fingerprint density at radius 2 is 2.11 bits per heavy atom. The Morgan fingerprint density at radius 3 is 2.70 bits per heavy atom. The van der Waals surface area contributed by atoms with Crippen molar-refractivity contribution in [1.29, 1.82) is 0 Å². The molecule has 0 aliphatic rings. The van der Waals surface area contributed by atoms with Gasteiger partial charge in [0.25, 0.3) is 0 Å². The highest BCUT2D eigenvalue weighted by Gasteiger charge is 2.20. The largest absolute Gasteiger partial charge is 0.462 e. The summed E-state index contributed by atoms with van der Waals surface area (Å²) < 4.78 is 5.09. The molecule has 0 fully saturated rings. The molecule has 0 bridgehead atoms. The molecule has 1 atom stereocenters. The van der Waals surface area contributed by atoms with Gasteiger partial charge in [-0.15, -0.1) is 46.7 Å². The second kappa shape index (κ2) is 11.6. The first kappa shape index (κ1) is 23.8. The number of hydrogen-bond donors (Lipinski definition) is 2. The summed E-state index contributed by atoms with van der Waals surface area (Å²) in [5.41, 5.74) is 1.96. The van der Waals surface area contributed by atoms with Crippen molar-refractivity contribution in [3.63, 3.8) is 0 Å². The van der Waals surface area contributed by atoms with E-state index in [0.717, 1.165) is 17.5 Å². The smallest absolute Gasteiger partial charge is 0.350 e. The molecular weight excluding hydrogens is 495 g/mol. The minimum atomic E-state index is -0.310. The van der Waals surface area contributed by atoms with E-state index in [1.54, 1.807) is 18.3 Å². The molecule has 6 nitrogen and oxygen atoms in total. The number of aromatic nitrogens is 1. The quantitative estimate of drug-likeness (QED) is 0.244. The Morgan fingerprint density at radius 1 is 1.37 bits per heavy atom. The summed E-state index contributed by atoms with van der Waals surface area (Å²) in [5, 5.41) is 9.54. The molecule has 9 heteroatoms. The van der Waals surface area contributed by atoms with Crippen molar-refractivity contribution in [3.05, 3.63) is 37.5 Å². The number of aryl methyl sites for hydroxylation is 2. The molecule has 0 spiro atoms. The molecule has 2 aromatic rings. The number of nitrogens with one attached hydrogen (secondary N) is 2. The standard InChI is InChI=1S/C18H26N4O2S2.HI/c1-6-19-18(20-10-14-11(3)8-9-25-14)22-13(5)16-21-12(4)15(26-16)17(23)24-7-2;/h8-9,13H,6-7,10H2,1-5H3,(H2,19,20,22);1H. The summed E-state index contributed by atoms with van der Waals surface area (Å²) in [6, 6.07) is 2.04. The van der Waals surface area contributed by atoms with Crippen LogP contribution < -0.4 is 10.6 Å². The highest BCUT2D eigenvalue weighted by Crippen LogP contribution is 2.24. The zero-order valence-corrected chi connectivity index (χ0v) is 20.3. The van der Waals surface area contributed by atoms with Crippen molar-refractivity contribution in [2.24, 2.45) is 4.99 Å². The second-order valence-corrected chi connectivity index (χ2v) is 7.81. The van der Waals surface area contributed by atoms with E-state index < -0.39 is 0 Å². The van der Waals surface area contributed by atoms with Crippen LogP contribution >= 0.6 is 46.7 Å². The van der Waals surface area contributed by atoms with Crippen molar-refractivity contribution in [2.75, 3.05) is 13.2 Å². The van der Waals surface area contributed by atoms with E-state index in [9.17, 15) is 4.79 Å². The number of esters is 1. The maximum atomic E-state index is 12.0. The predicted molar refractivity (Wildman–Crippen MR) is 124 cm³/mol. The third kappa shape index (κ3) is 6.72. The van der Waals surface area contributed by atoms with Crippen LogP contribution in [0.1, 0.15) is 57.6 Å². The van der Waals surface area contributed by atoms with E-state index in [-0.39, 0.29) is 36.0 Å². The van der Waals surface area contributed by atoms with Crippen molar-refractivity contribution < 1.29 is 9.53 Å². The lowest BCUT2D eigenvalue weighted by Gasteiger charge is -2.16. The van der Waals surface area contributed by atoms with Crippen molar-refractivity contribution in [3.8, 4) is 0 Å². The molecule has 0 aliphatic heterocycles. The number of thiophene rings is 1. The van der Waals surface area contributed by atoms with E-state index in [0.29, 0.717) is 23.7 Å². The first-order valence-corrected chi connectivity index (χ1v) is 10.4. The van der Waals surface area contributed by atoms with Crippen LogP contribution in [0.5, 0.6) is 0 Å². The topological polar surface area (TPSA) is 75.6 Å².